The third-order valence-corrected chi connectivity index (χ3v) is 18.6. The average molecular weight is 943 g/mol. The minimum atomic E-state index is -0.188. The van der Waals surface area contributed by atoms with Gasteiger partial charge in [0.15, 0.2) is 0 Å². The summed E-state index contributed by atoms with van der Waals surface area (Å²) in [4.78, 5) is 5.32. The van der Waals surface area contributed by atoms with Crippen molar-refractivity contribution in [3.05, 3.63) is 172 Å². The van der Waals surface area contributed by atoms with Gasteiger partial charge < -0.3 is 14.2 Å². The van der Waals surface area contributed by atoms with Gasteiger partial charge in [-0.15, -0.1) is 0 Å². The maximum atomic E-state index is 7.74. The molecule has 1 atom stereocenters. The van der Waals surface area contributed by atoms with Gasteiger partial charge in [-0.2, -0.15) is 0 Å². The Bertz CT molecular complexity index is 3610. The van der Waals surface area contributed by atoms with Gasteiger partial charge in [-0.1, -0.05) is 163 Å². The van der Waals surface area contributed by atoms with Gasteiger partial charge in [0.05, 0.1) is 17.0 Å². The van der Waals surface area contributed by atoms with Gasteiger partial charge in [0.2, 0.25) is 0 Å². The molecule has 0 saturated heterocycles. The van der Waals surface area contributed by atoms with Crippen molar-refractivity contribution >= 4 is 68.4 Å². The highest BCUT2D eigenvalue weighted by molar-refractivity contribution is 7.00. The number of nitrogens with zero attached hydrogens (tertiary/aromatic N) is 2. The van der Waals surface area contributed by atoms with E-state index >= 15 is 0 Å². The van der Waals surface area contributed by atoms with Gasteiger partial charge in [-0.25, -0.2) is 0 Å². The van der Waals surface area contributed by atoms with Gasteiger partial charge in [-0.05, 0) is 181 Å². The van der Waals surface area contributed by atoms with E-state index in [0.29, 0.717) is 0 Å². The van der Waals surface area contributed by atoms with Gasteiger partial charge in [0, 0.05) is 44.7 Å². The number of hydrogen-bond acceptors (Lipinski definition) is 3. The molecule has 1 aromatic heterocycles. The van der Waals surface area contributed by atoms with Crippen molar-refractivity contribution in [3.63, 3.8) is 0 Å². The summed E-state index contributed by atoms with van der Waals surface area (Å²) in [6.45, 7) is 33.5. The summed E-state index contributed by atoms with van der Waals surface area (Å²) in [6.07, 6.45) is 4.49. The highest BCUT2D eigenvalue weighted by Gasteiger charge is 2.51. The molecule has 8 aromatic rings. The maximum absolute atomic E-state index is 7.74. The highest BCUT2D eigenvalue weighted by Crippen LogP contribution is 2.58. The van der Waals surface area contributed by atoms with Crippen LogP contribution in [0.1, 0.15) is 160 Å². The van der Waals surface area contributed by atoms with E-state index in [1.54, 1.807) is 0 Å². The summed E-state index contributed by atoms with van der Waals surface area (Å²) in [5, 5.41) is 1.21. The van der Waals surface area contributed by atoms with Crippen molar-refractivity contribution in [2.75, 3.05) is 9.80 Å². The van der Waals surface area contributed by atoms with Crippen LogP contribution >= 0.6 is 0 Å². The molecule has 0 fully saturated rings. The van der Waals surface area contributed by atoms with Crippen LogP contribution < -0.4 is 26.4 Å². The minimum Gasteiger partial charge on any atom is -0.468 e. The number of benzene rings is 7. The molecular weight excluding hydrogens is 872 g/mol. The molecule has 72 heavy (non-hydrogen) atoms. The molecule has 4 bridgehead atoms. The standard InChI is InChI=1S/C68H71BN2O/c1-40-31-56-59-57(32-40)71-55-38-53-51(67(12,13)29-30-68(53,14)44-22-18-21-42(33-44)48-35-45(64(5,6)7)34-47(60(48)71)41-19-16-15-17-20-41)37-54(55)69(59)62-61(70(56)46-25-23-43(24-26-46)63(2,3)4)49-36-50-52(39-58(49)72-62)66(10,11)28-27-65(50,8)9/h15-26,31-39H,27-30H2,1-14H3. The van der Waals surface area contributed by atoms with Crippen molar-refractivity contribution in [1.29, 1.82) is 0 Å². The van der Waals surface area contributed by atoms with Gasteiger partial charge in [0.25, 0.3) is 6.71 Å². The smallest absolute Gasteiger partial charge is 0.297 e. The maximum Gasteiger partial charge on any atom is 0.297 e. The third kappa shape index (κ3) is 6.42. The molecule has 7 aromatic carbocycles. The zero-order valence-electron chi connectivity index (χ0n) is 45.3. The summed E-state index contributed by atoms with van der Waals surface area (Å²) >= 11 is 0. The summed E-state index contributed by atoms with van der Waals surface area (Å²) in [5.74, 6) is 0. The van der Waals surface area contributed by atoms with Crippen molar-refractivity contribution in [3.8, 4) is 22.3 Å². The van der Waals surface area contributed by atoms with Gasteiger partial charge in [-0.3, -0.25) is 0 Å². The van der Waals surface area contributed by atoms with Crippen molar-refractivity contribution in [2.24, 2.45) is 0 Å². The van der Waals surface area contributed by atoms with Crippen molar-refractivity contribution < 1.29 is 4.42 Å². The van der Waals surface area contributed by atoms with Crippen LogP contribution in [0, 0.1) is 6.92 Å². The van der Waals surface area contributed by atoms with Crippen LogP contribution in [0.3, 0.4) is 0 Å². The molecule has 3 aliphatic heterocycles. The van der Waals surface area contributed by atoms with Gasteiger partial charge in [0.1, 0.15) is 5.58 Å². The monoisotopic (exact) mass is 943 g/mol. The molecule has 13 rings (SSSR count). The molecule has 0 spiro atoms. The third-order valence-electron chi connectivity index (χ3n) is 18.6. The molecule has 3 nitrogen and oxygen atoms in total. The molecule has 4 heterocycles. The lowest BCUT2D eigenvalue weighted by atomic mass is 9.35. The van der Waals surface area contributed by atoms with Crippen LogP contribution in [0.25, 0.3) is 33.2 Å². The average Bonchev–Trinajstić information content (AvgIpc) is 3.71. The van der Waals surface area contributed by atoms with Crippen LogP contribution in [0.4, 0.5) is 34.1 Å². The normalized spacial score (nSPS) is 19.6. The first-order valence-electron chi connectivity index (χ1n) is 27.0. The fourth-order valence-corrected chi connectivity index (χ4v) is 13.9. The van der Waals surface area contributed by atoms with E-state index < -0.39 is 0 Å². The molecule has 362 valence electrons. The molecule has 5 aliphatic rings. The quantitative estimate of drug-likeness (QED) is 0.161. The van der Waals surface area contributed by atoms with E-state index in [9.17, 15) is 0 Å². The van der Waals surface area contributed by atoms with E-state index in [1.165, 1.54) is 112 Å². The van der Waals surface area contributed by atoms with E-state index in [0.717, 1.165) is 42.6 Å². The van der Waals surface area contributed by atoms with E-state index in [1.807, 2.05) is 0 Å². The first-order chi connectivity index (χ1) is 33.9. The largest absolute Gasteiger partial charge is 0.468 e. The molecule has 4 heteroatoms. The van der Waals surface area contributed by atoms with E-state index in [4.69, 9.17) is 4.42 Å². The highest BCUT2D eigenvalue weighted by atomic mass is 16.3. The molecule has 0 saturated carbocycles. The lowest BCUT2D eigenvalue weighted by Crippen LogP contribution is -2.61. The fraction of sp³-hybridized carbons (Fsp3) is 0.353. The lowest BCUT2D eigenvalue weighted by molar-refractivity contribution is 0.332. The number of fused-ring (bicyclic) bond motifs is 13. The van der Waals surface area contributed by atoms with Crippen molar-refractivity contribution in [2.45, 2.75) is 155 Å². The lowest BCUT2D eigenvalue weighted by Gasteiger charge is -2.48. The predicted molar refractivity (Wildman–Crippen MR) is 307 cm³/mol. The first kappa shape index (κ1) is 45.6. The van der Waals surface area contributed by atoms with Crippen LogP contribution in [-0.4, -0.2) is 6.71 Å². The fourth-order valence-electron chi connectivity index (χ4n) is 13.9. The van der Waals surface area contributed by atoms with Crippen LogP contribution in [0.15, 0.2) is 132 Å². The second-order valence-corrected chi connectivity index (χ2v) is 26.9. The van der Waals surface area contributed by atoms with Crippen LogP contribution in [0.2, 0.25) is 0 Å². The number of rotatable bonds is 2. The van der Waals surface area contributed by atoms with E-state index in [-0.39, 0.29) is 39.2 Å². The SMILES string of the molecule is Cc1cc2c3c(c1)N(c1ccc(C(C)(C)C)cc1)c1c(oc4cc5c(cc14)C(C)(C)CCC5(C)C)B3c1cc3c4cc1N2c1c(-c2ccccc2)cc(C(C)(C)C)cc1-c1cccc(c1)C4(C)CCC3(C)C. The number of hydrogen-bond donors (Lipinski definition) is 0. The Morgan fingerprint density at radius 2 is 1.08 bits per heavy atom. The summed E-state index contributed by atoms with van der Waals surface area (Å²) < 4.78 is 7.74. The van der Waals surface area contributed by atoms with Crippen LogP contribution in [-0.2, 0) is 32.5 Å². The molecule has 1 unspecified atom stereocenters. The second-order valence-electron chi connectivity index (χ2n) is 26.9. The zero-order chi connectivity index (χ0) is 50.4. The minimum absolute atomic E-state index is 0.0188. The topological polar surface area (TPSA) is 19.6 Å². The Morgan fingerprint density at radius 3 is 1.74 bits per heavy atom. The Kier molecular flexibility index (Phi) is 9.31. The summed E-state index contributed by atoms with van der Waals surface area (Å²) in [7, 11) is 0. The van der Waals surface area contributed by atoms with Crippen LogP contribution in [0.5, 0.6) is 0 Å². The summed E-state index contributed by atoms with van der Waals surface area (Å²) in [6, 6.07) is 50.7. The Hall–Kier alpha value is -6.26. The molecule has 2 aliphatic carbocycles. The zero-order valence-corrected chi connectivity index (χ0v) is 45.3. The molecule has 0 radical (unpaired) electrons. The Morgan fingerprint density at radius 1 is 0.500 bits per heavy atom. The Labute approximate surface area is 429 Å². The van der Waals surface area contributed by atoms with E-state index in [2.05, 4.69) is 234 Å². The number of aryl methyl sites for hydroxylation is 1. The molecule has 0 N–H and O–H groups in total. The first-order valence-corrected chi connectivity index (χ1v) is 27.0. The van der Waals surface area contributed by atoms with Gasteiger partial charge >= 0.3 is 0 Å². The molecule has 0 amide bonds. The predicted octanol–water partition coefficient (Wildman–Crippen LogP) is 16.8. The number of furan rings is 1. The van der Waals surface area contributed by atoms with Crippen molar-refractivity contribution in [1.82, 2.24) is 0 Å². The Balaban J connectivity index is 1.22. The number of anilines is 6. The summed E-state index contributed by atoms with van der Waals surface area (Å²) in [5.41, 5.74) is 27.8. The second kappa shape index (κ2) is 14.7. The molecular formula is C68H71BN2O.